The van der Waals surface area contributed by atoms with Gasteiger partial charge in [0, 0.05) is 28.8 Å². The first-order valence-electron chi connectivity index (χ1n) is 15.4. The fourth-order valence-corrected chi connectivity index (χ4v) is 8.11. The summed E-state index contributed by atoms with van der Waals surface area (Å²) in [6, 6.07) is 4.78. The average Bonchev–Trinajstić information content (AvgIpc) is 3.33. The Morgan fingerprint density at radius 2 is 1.54 bits per heavy atom. The maximum absolute atomic E-state index is 14.0. The number of amides is 4. The summed E-state index contributed by atoms with van der Waals surface area (Å²) in [6.45, 7) is 11.7. The molecule has 12 nitrogen and oxygen atoms in total. The molecule has 1 fully saturated rings. The Morgan fingerprint density at radius 3 is 2.09 bits per heavy atom. The lowest BCUT2D eigenvalue weighted by atomic mass is 10.0. The summed E-state index contributed by atoms with van der Waals surface area (Å²) in [5.74, 6) is -2.00. The van der Waals surface area contributed by atoms with Crippen LogP contribution in [0.2, 0.25) is 0 Å². The fourth-order valence-electron chi connectivity index (χ4n) is 5.16. The standard InChI is InChI=1S/C32H47N5O7S2/c1-18(2)13-25-32(41)35-26(15-23-9-11-24(44-8)12-10-23)31(40)33-21(6)30(39)36-27(19(3)4)16-37(17-29(38)34-25)46(42,43)28-14-20(5)45-22(28)7/h9-12,14,18-19,21,25-27H,13,15-17H2,1-8H3,(H,33,40)(H,34,38)(H,35,41)(H,36,39)/t21-,25+,26+,27-/m1/s1. The Morgan fingerprint density at radius 1 is 0.913 bits per heavy atom. The van der Waals surface area contributed by atoms with Crippen molar-refractivity contribution >= 4 is 45.0 Å². The van der Waals surface area contributed by atoms with E-state index in [0.29, 0.717) is 10.6 Å². The van der Waals surface area contributed by atoms with Gasteiger partial charge in [0.05, 0.1) is 18.6 Å². The van der Waals surface area contributed by atoms with Gasteiger partial charge in [-0.25, -0.2) is 8.42 Å². The van der Waals surface area contributed by atoms with Crippen molar-refractivity contribution in [1.82, 2.24) is 25.6 Å². The van der Waals surface area contributed by atoms with E-state index < -0.39 is 64.4 Å². The topological polar surface area (TPSA) is 163 Å². The van der Waals surface area contributed by atoms with Crippen LogP contribution in [-0.2, 0) is 35.6 Å². The zero-order chi connectivity index (χ0) is 34.3. The van der Waals surface area contributed by atoms with Gasteiger partial charge in [-0.15, -0.1) is 11.3 Å². The van der Waals surface area contributed by atoms with Gasteiger partial charge in [-0.3, -0.25) is 19.2 Å². The summed E-state index contributed by atoms with van der Waals surface area (Å²) in [5, 5.41) is 11.1. The Balaban J connectivity index is 2.04. The molecule has 3 rings (SSSR count). The molecular formula is C32H47N5O7S2. The van der Waals surface area contributed by atoms with E-state index in [1.165, 1.54) is 18.3 Å². The quantitative estimate of drug-likeness (QED) is 0.333. The number of carbonyl (C=O) groups is 4. The lowest BCUT2D eigenvalue weighted by Crippen LogP contribution is -2.57. The molecule has 0 unspecified atom stereocenters. The molecule has 0 bridgehead atoms. The maximum Gasteiger partial charge on any atom is 0.244 e. The van der Waals surface area contributed by atoms with Gasteiger partial charge < -0.3 is 26.0 Å². The molecule has 1 aromatic heterocycles. The number of ether oxygens (including phenoxy) is 1. The van der Waals surface area contributed by atoms with Crippen LogP contribution in [0.15, 0.2) is 35.2 Å². The van der Waals surface area contributed by atoms with Gasteiger partial charge in [-0.1, -0.05) is 39.8 Å². The number of nitrogens with zero attached hydrogens (tertiary/aromatic N) is 1. The third kappa shape index (κ3) is 9.76. The highest BCUT2D eigenvalue weighted by molar-refractivity contribution is 7.89. The van der Waals surface area contributed by atoms with Crippen LogP contribution in [0.1, 0.15) is 56.4 Å². The maximum atomic E-state index is 14.0. The van der Waals surface area contributed by atoms with E-state index in [1.54, 1.807) is 51.3 Å². The molecule has 0 saturated carbocycles. The molecule has 4 atom stereocenters. The van der Waals surface area contributed by atoms with E-state index in [0.717, 1.165) is 14.7 Å². The molecule has 1 aliphatic heterocycles. The molecular weight excluding hydrogens is 631 g/mol. The second-order valence-corrected chi connectivity index (χ2v) is 15.9. The van der Waals surface area contributed by atoms with Crippen LogP contribution >= 0.6 is 11.3 Å². The molecule has 4 N–H and O–H groups in total. The normalized spacial score (nSPS) is 22.8. The van der Waals surface area contributed by atoms with Crippen molar-refractivity contribution in [2.24, 2.45) is 11.8 Å². The first-order chi connectivity index (χ1) is 21.5. The van der Waals surface area contributed by atoms with Crippen LogP contribution in [0, 0.1) is 25.7 Å². The summed E-state index contributed by atoms with van der Waals surface area (Å²) in [5.41, 5.74) is 0.736. The summed E-state index contributed by atoms with van der Waals surface area (Å²) < 4.78 is 34.3. The van der Waals surface area contributed by atoms with E-state index in [4.69, 9.17) is 4.74 Å². The number of carbonyl (C=O) groups excluding carboxylic acids is 4. The summed E-state index contributed by atoms with van der Waals surface area (Å²) >= 11 is 1.33. The fraction of sp³-hybridized carbons (Fsp3) is 0.562. The Kier molecular flexibility index (Phi) is 12.8. The predicted octanol–water partition coefficient (Wildman–Crippen LogP) is 2.28. The highest BCUT2D eigenvalue weighted by Gasteiger charge is 2.36. The number of nitrogens with one attached hydrogen (secondary N) is 4. The second kappa shape index (κ2) is 15.9. The number of aryl methyl sites for hydroxylation is 2. The van der Waals surface area contributed by atoms with Crippen molar-refractivity contribution in [3.05, 3.63) is 45.6 Å². The first kappa shape index (κ1) is 37.0. The number of benzene rings is 1. The lowest BCUT2D eigenvalue weighted by molar-refractivity contribution is -0.133. The Labute approximate surface area is 276 Å². The molecule has 254 valence electrons. The highest BCUT2D eigenvalue weighted by atomic mass is 32.2. The number of hydrogen-bond donors (Lipinski definition) is 4. The van der Waals surface area contributed by atoms with Gasteiger partial charge >= 0.3 is 0 Å². The molecule has 1 aromatic carbocycles. The van der Waals surface area contributed by atoms with E-state index in [-0.39, 0.29) is 36.1 Å². The lowest BCUT2D eigenvalue weighted by Gasteiger charge is -2.30. The molecule has 2 aromatic rings. The number of hydrogen-bond acceptors (Lipinski definition) is 8. The SMILES string of the molecule is COc1ccc(C[C@@H]2NC(=O)[C@H](CC(C)C)NC(=O)CN(S(=O)(=O)c3cc(C)sc3C)C[C@H](C(C)C)NC(=O)[C@@H](C)NC2=O)cc1. The molecule has 0 radical (unpaired) electrons. The van der Waals surface area contributed by atoms with Crippen LogP contribution in [-0.4, -0.2) is 80.7 Å². The minimum absolute atomic E-state index is 0.0181. The van der Waals surface area contributed by atoms with Crippen LogP contribution < -0.4 is 26.0 Å². The number of sulfonamides is 1. The van der Waals surface area contributed by atoms with Crippen LogP contribution in [0.5, 0.6) is 5.75 Å². The number of thiophene rings is 1. The zero-order valence-electron chi connectivity index (χ0n) is 27.8. The third-order valence-corrected chi connectivity index (χ3v) is 10.8. The van der Waals surface area contributed by atoms with Gasteiger partial charge in [0.25, 0.3) is 0 Å². The molecule has 2 heterocycles. The van der Waals surface area contributed by atoms with E-state index in [1.807, 2.05) is 27.7 Å². The Bertz CT molecular complexity index is 1500. The predicted molar refractivity (Wildman–Crippen MR) is 177 cm³/mol. The van der Waals surface area contributed by atoms with Crippen molar-refractivity contribution in [3.63, 3.8) is 0 Å². The average molecular weight is 678 g/mol. The van der Waals surface area contributed by atoms with Crippen molar-refractivity contribution < 1.29 is 32.3 Å². The molecule has 1 saturated heterocycles. The summed E-state index contributed by atoms with van der Waals surface area (Å²) in [7, 11) is -2.63. The molecule has 0 aliphatic carbocycles. The number of methoxy groups -OCH3 is 1. The Hall–Kier alpha value is -3.49. The third-order valence-electron chi connectivity index (χ3n) is 7.81. The smallest absolute Gasteiger partial charge is 0.244 e. The van der Waals surface area contributed by atoms with E-state index in [9.17, 15) is 27.6 Å². The first-order valence-corrected chi connectivity index (χ1v) is 17.7. The molecule has 4 amide bonds. The minimum atomic E-state index is -4.17. The van der Waals surface area contributed by atoms with Gasteiger partial charge in [0.1, 0.15) is 23.9 Å². The summed E-state index contributed by atoms with van der Waals surface area (Å²) in [6.07, 6.45) is 0.355. The van der Waals surface area contributed by atoms with E-state index >= 15 is 0 Å². The zero-order valence-corrected chi connectivity index (χ0v) is 29.4. The van der Waals surface area contributed by atoms with Crippen molar-refractivity contribution in [1.29, 1.82) is 0 Å². The molecule has 0 spiro atoms. The monoisotopic (exact) mass is 677 g/mol. The highest BCUT2D eigenvalue weighted by Crippen LogP contribution is 2.28. The van der Waals surface area contributed by atoms with Crippen LogP contribution in [0.3, 0.4) is 0 Å². The van der Waals surface area contributed by atoms with Crippen molar-refractivity contribution in [2.45, 2.75) is 90.4 Å². The van der Waals surface area contributed by atoms with Gasteiger partial charge in [0.15, 0.2) is 0 Å². The van der Waals surface area contributed by atoms with Crippen molar-refractivity contribution in [2.75, 3.05) is 20.2 Å². The molecule has 14 heteroatoms. The molecule has 1 aliphatic rings. The largest absolute Gasteiger partial charge is 0.497 e. The van der Waals surface area contributed by atoms with Gasteiger partial charge in [-0.2, -0.15) is 4.31 Å². The minimum Gasteiger partial charge on any atom is -0.497 e. The van der Waals surface area contributed by atoms with Crippen LogP contribution in [0.25, 0.3) is 0 Å². The van der Waals surface area contributed by atoms with E-state index in [2.05, 4.69) is 21.3 Å². The molecule has 46 heavy (non-hydrogen) atoms. The van der Waals surface area contributed by atoms with Crippen molar-refractivity contribution in [3.8, 4) is 5.75 Å². The van der Waals surface area contributed by atoms with Crippen LogP contribution in [0.4, 0.5) is 0 Å². The number of rotatable bonds is 8. The second-order valence-electron chi connectivity index (χ2n) is 12.5. The van der Waals surface area contributed by atoms with Gasteiger partial charge in [-0.05, 0) is 62.8 Å². The van der Waals surface area contributed by atoms with Gasteiger partial charge in [0.2, 0.25) is 33.7 Å². The summed E-state index contributed by atoms with van der Waals surface area (Å²) in [4.78, 5) is 55.6.